The summed E-state index contributed by atoms with van der Waals surface area (Å²) in [4.78, 5) is 15.9. The number of alkyl halides is 3. The van der Waals surface area contributed by atoms with Gasteiger partial charge in [-0.25, -0.2) is 15.0 Å². The molecular weight excluding hydrogens is 321 g/mol. The smallest absolute Gasteiger partial charge is 0.364 e. The van der Waals surface area contributed by atoms with Crippen LogP contribution in [0.1, 0.15) is 11.3 Å². The van der Waals surface area contributed by atoms with Crippen LogP contribution in [0.2, 0.25) is 0 Å². The molecule has 0 saturated carbocycles. The van der Waals surface area contributed by atoms with Crippen molar-refractivity contribution in [3.63, 3.8) is 0 Å². The maximum absolute atomic E-state index is 12.8. The number of aromatic nitrogens is 5. The van der Waals surface area contributed by atoms with Gasteiger partial charge in [-0.3, -0.25) is 4.98 Å². The minimum absolute atomic E-state index is 0.170. The van der Waals surface area contributed by atoms with E-state index >= 15 is 0 Å². The van der Waals surface area contributed by atoms with Crippen LogP contribution in [-0.2, 0) is 19.8 Å². The number of aryl methyl sites for hydroxylation is 1. The Morgan fingerprint density at radius 3 is 2.71 bits per heavy atom. The average Bonchev–Trinajstić information content (AvgIpc) is 2.98. The Hall–Kier alpha value is -2.97. The summed E-state index contributed by atoms with van der Waals surface area (Å²) in [6.45, 7) is 0.480. The number of nitrogens with one attached hydrogen (secondary N) is 1. The highest BCUT2D eigenvalue weighted by Crippen LogP contribution is 2.30. The molecular formula is C15H13F3N6. The van der Waals surface area contributed by atoms with Crippen LogP contribution < -0.4 is 5.32 Å². The lowest BCUT2D eigenvalue weighted by atomic mass is 10.2. The van der Waals surface area contributed by atoms with Crippen molar-refractivity contribution in [2.45, 2.75) is 12.7 Å². The highest BCUT2D eigenvalue weighted by Gasteiger charge is 2.31. The van der Waals surface area contributed by atoms with Crippen molar-refractivity contribution < 1.29 is 13.2 Å². The number of pyridine rings is 1. The number of imidazole rings is 1. The van der Waals surface area contributed by atoms with Crippen LogP contribution in [0.5, 0.6) is 0 Å². The van der Waals surface area contributed by atoms with E-state index in [9.17, 15) is 13.2 Å². The monoisotopic (exact) mass is 334 g/mol. The predicted octanol–water partition coefficient (Wildman–Crippen LogP) is 2.90. The van der Waals surface area contributed by atoms with Crippen LogP contribution in [0.4, 0.5) is 19.0 Å². The van der Waals surface area contributed by atoms with Crippen molar-refractivity contribution in [3.8, 4) is 11.4 Å². The molecule has 0 aromatic carbocycles. The fraction of sp³-hybridized carbons (Fsp3) is 0.200. The van der Waals surface area contributed by atoms with E-state index in [4.69, 9.17) is 0 Å². The summed E-state index contributed by atoms with van der Waals surface area (Å²) in [7, 11) is 1.86. The molecule has 0 aliphatic carbocycles. The lowest BCUT2D eigenvalue weighted by molar-refractivity contribution is -0.137. The first-order valence-corrected chi connectivity index (χ1v) is 6.98. The molecule has 0 atom stereocenters. The van der Waals surface area contributed by atoms with Gasteiger partial charge in [-0.1, -0.05) is 0 Å². The summed E-state index contributed by atoms with van der Waals surface area (Å²) in [6, 6.07) is 2.62. The second-order valence-corrected chi connectivity index (χ2v) is 5.07. The van der Waals surface area contributed by atoms with Gasteiger partial charge in [0.25, 0.3) is 0 Å². The SMILES string of the molecule is Cn1cncc1CNc1ccnc(-c2cncc(C(F)(F)F)c2)n1. The molecule has 3 aromatic heterocycles. The third kappa shape index (κ3) is 3.50. The molecule has 0 amide bonds. The summed E-state index contributed by atoms with van der Waals surface area (Å²) in [5.74, 6) is 0.669. The van der Waals surface area contributed by atoms with Crippen molar-refractivity contribution in [2.24, 2.45) is 7.05 Å². The fourth-order valence-corrected chi connectivity index (χ4v) is 2.05. The number of hydrogen-bond donors (Lipinski definition) is 1. The first-order chi connectivity index (χ1) is 11.4. The van der Waals surface area contributed by atoms with Gasteiger partial charge in [0.15, 0.2) is 5.82 Å². The molecule has 0 bridgehead atoms. The summed E-state index contributed by atoms with van der Waals surface area (Å²) >= 11 is 0. The van der Waals surface area contributed by atoms with E-state index in [0.29, 0.717) is 12.4 Å². The molecule has 24 heavy (non-hydrogen) atoms. The topological polar surface area (TPSA) is 68.5 Å². The predicted molar refractivity (Wildman–Crippen MR) is 80.8 cm³/mol. The minimum Gasteiger partial charge on any atom is -0.364 e. The summed E-state index contributed by atoms with van der Waals surface area (Å²) in [5.41, 5.74) is 0.307. The molecule has 0 spiro atoms. The van der Waals surface area contributed by atoms with Crippen LogP contribution in [0.15, 0.2) is 43.2 Å². The quantitative estimate of drug-likeness (QED) is 0.794. The molecule has 3 heterocycles. The lowest BCUT2D eigenvalue weighted by Gasteiger charge is -2.09. The zero-order valence-electron chi connectivity index (χ0n) is 12.6. The van der Waals surface area contributed by atoms with Crippen molar-refractivity contribution in [3.05, 3.63) is 54.5 Å². The minimum atomic E-state index is -4.46. The Morgan fingerprint density at radius 1 is 1.17 bits per heavy atom. The number of hydrogen-bond acceptors (Lipinski definition) is 5. The zero-order chi connectivity index (χ0) is 17.2. The molecule has 124 valence electrons. The van der Waals surface area contributed by atoms with Gasteiger partial charge in [0, 0.05) is 37.4 Å². The highest BCUT2D eigenvalue weighted by atomic mass is 19.4. The summed E-state index contributed by atoms with van der Waals surface area (Å²) in [6.07, 6.45) is 2.48. The first-order valence-electron chi connectivity index (χ1n) is 6.98. The molecule has 9 heteroatoms. The third-order valence-corrected chi connectivity index (χ3v) is 3.35. The maximum atomic E-state index is 12.8. The zero-order valence-corrected chi connectivity index (χ0v) is 12.6. The summed E-state index contributed by atoms with van der Waals surface area (Å²) < 4.78 is 40.2. The van der Waals surface area contributed by atoms with Crippen molar-refractivity contribution >= 4 is 5.82 Å². The number of nitrogens with zero attached hydrogens (tertiary/aromatic N) is 5. The molecule has 3 aromatic rings. The molecule has 6 nitrogen and oxygen atoms in total. The Kier molecular flexibility index (Phi) is 4.15. The van der Waals surface area contributed by atoms with Crippen LogP contribution in [-0.4, -0.2) is 24.5 Å². The normalized spacial score (nSPS) is 11.5. The van der Waals surface area contributed by atoms with E-state index in [-0.39, 0.29) is 11.4 Å². The Morgan fingerprint density at radius 2 is 2.00 bits per heavy atom. The van der Waals surface area contributed by atoms with Crippen LogP contribution in [0.25, 0.3) is 11.4 Å². The van der Waals surface area contributed by atoms with Crippen LogP contribution in [0, 0.1) is 0 Å². The lowest BCUT2D eigenvalue weighted by Crippen LogP contribution is -2.07. The van der Waals surface area contributed by atoms with Gasteiger partial charge in [0.2, 0.25) is 0 Å². The maximum Gasteiger partial charge on any atom is 0.417 e. The van der Waals surface area contributed by atoms with Gasteiger partial charge in [-0.05, 0) is 12.1 Å². The molecule has 0 aliphatic rings. The second-order valence-electron chi connectivity index (χ2n) is 5.07. The van der Waals surface area contributed by atoms with Gasteiger partial charge < -0.3 is 9.88 Å². The van der Waals surface area contributed by atoms with Crippen LogP contribution >= 0.6 is 0 Å². The average molecular weight is 334 g/mol. The molecule has 0 unspecified atom stereocenters. The van der Waals surface area contributed by atoms with Gasteiger partial charge in [0.05, 0.1) is 24.1 Å². The van der Waals surface area contributed by atoms with E-state index in [1.165, 1.54) is 12.4 Å². The van der Waals surface area contributed by atoms with Gasteiger partial charge in [0.1, 0.15) is 5.82 Å². The molecule has 0 radical (unpaired) electrons. The molecule has 3 rings (SSSR count). The molecule has 0 fully saturated rings. The second kappa shape index (κ2) is 6.26. The highest BCUT2D eigenvalue weighted by molar-refractivity contribution is 5.56. The van der Waals surface area contributed by atoms with Gasteiger partial charge in [-0.15, -0.1) is 0 Å². The van der Waals surface area contributed by atoms with E-state index in [2.05, 4.69) is 25.3 Å². The first kappa shape index (κ1) is 15.9. The number of rotatable bonds is 4. The van der Waals surface area contributed by atoms with Gasteiger partial charge in [-0.2, -0.15) is 13.2 Å². The fourth-order valence-electron chi connectivity index (χ4n) is 2.05. The Bertz CT molecular complexity index is 843. The van der Waals surface area contributed by atoms with Crippen molar-refractivity contribution in [1.82, 2.24) is 24.5 Å². The van der Waals surface area contributed by atoms with Gasteiger partial charge >= 0.3 is 6.18 Å². The molecule has 1 N–H and O–H groups in total. The Balaban J connectivity index is 1.82. The van der Waals surface area contributed by atoms with Crippen LogP contribution in [0.3, 0.4) is 0 Å². The summed E-state index contributed by atoms with van der Waals surface area (Å²) in [5, 5.41) is 3.09. The number of halogens is 3. The standard InChI is InChI=1S/C15H13F3N6/c1-24-9-20-7-12(24)8-22-13-2-3-21-14(23-13)10-4-11(6-19-5-10)15(16,17)18/h2-7,9H,8H2,1H3,(H,21,22,23). The number of anilines is 1. The van der Waals surface area contributed by atoms with E-state index in [0.717, 1.165) is 18.0 Å². The van der Waals surface area contributed by atoms with E-state index in [1.807, 2.05) is 11.6 Å². The molecule has 0 aliphatic heterocycles. The molecule has 0 saturated heterocycles. The largest absolute Gasteiger partial charge is 0.417 e. The third-order valence-electron chi connectivity index (χ3n) is 3.35. The van der Waals surface area contributed by atoms with Crippen molar-refractivity contribution in [2.75, 3.05) is 5.32 Å². The van der Waals surface area contributed by atoms with Crippen molar-refractivity contribution in [1.29, 1.82) is 0 Å². The Labute approximate surface area is 135 Å². The van der Waals surface area contributed by atoms with E-state index in [1.54, 1.807) is 18.6 Å². The van der Waals surface area contributed by atoms with E-state index < -0.39 is 11.7 Å².